The molecule has 1 saturated carbocycles. The summed E-state index contributed by atoms with van der Waals surface area (Å²) in [5, 5.41) is 9.21. The number of rotatable bonds is 3. The maximum Gasteiger partial charge on any atom is 0.401 e. The van der Waals surface area contributed by atoms with Crippen molar-refractivity contribution in [3.8, 4) is 6.07 Å². The third-order valence-corrected chi connectivity index (χ3v) is 4.25. The highest BCUT2D eigenvalue weighted by Crippen LogP contribution is 2.38. The Morgan fingerprint density at radius 3 is 2.48 bits per heavy atom. The molecule has 1 aromatic carbocycles. The highest BCUT2D eigenvalue weighted by atomic mass is 19.4. The molecule has 2 nitrogen and oxygen atoms in total. The second kappa shape index (κ2) is 6.48. The summed E-state index contributed by atoms with van der Waals surface area (Å²) in [4.78, 5) is 1.29. The molecule has 0 amide bonds. The van der Waals surface area contributed by atoms with Gasteiger partial charge in [-0.25, -0.2) is 0 Å². The van der Waals surface area contributed by atoms with E-state index in [-0.39, 0.29) is 17.9 Å². The van der Waals surface area contributed by atoms with Gasteiger partial charge in [-0.2, -0.15) is 18.4 Å². The first-order chi connectivity index (χ1) is 9.90. The Labute approximate surface area is 123 Å². The van der Waals surface area contributed by atoms with Crippen LogP contribution in [0.3, 0.4) is 0 Å². The second-order valence-corrected chi connectivity index (χ2v) is 5.75. The number of hydrogen-bond donors (Lipinski definition) is 0. The molecule has 21 heavy (non-hydrogen) atoms. The molecule has 0 saturated heterocycles. The van der Waals surface area contributed by atoms with Gasteiger partial charge in [0, 0.05) is 6.04 Å². The molecule has 0 aromatic heterocycles. The van der Waals surface area contributed by atoms with E-state index in [4.69, 9.17) is 0 Å². The number of hydrogen-bond acceptors (Lipinski definition) is 2. The molecule has 114 valence electrons. The van der Waals surface area contributed by atoms with Crippen LogP contribution in [0, 0.1) is 17.2 Å². The summed E-state index contributed by atoms with van der Waals surface area (Å²) in [6.07, 6.45) is -2.11. The summed E-state index contributed by atoms with van der Waals surface area (Å²) in [5.74, 6) is -0.0891. The SMILES string of the molecule is CN(CC(F)(F)F)C1CC(c2ccccc2)CCC1C#N. The minimum absolute atomic E-state index is 0.233. The molecule has 0 aliphatic heterocycles. The highest BCUT2D eigenvalue weighted by Gasteiger charge is 2.38. The zero-order chi connectivity index (χ0) is 15.5. The Hall–Kier alpha value is -1.54. The molecule has 3 atom stereocenters. The minimum Gasteiger partial charge on any atom is -0.294 e. The number of halogens is 3. The highest BCUT2D eigenvalue weighted by molar-refractivity contribution is 5.21. The van der Waals surface area contributed by atoms with E-state index in [2.05, 4.69) is 6.07 Å². The molecule has 0 spiro atoms. The predicted octanol–water partition coefficient (Wildman–Crippen LogP) is 3.96. The first kappa shape index (κ1) is 15.8. The van der Waals surface area contributed by atoms with Crippen LogP contribution in [0.25, 0.3) is 0 Å². The normalized spacial score (nSPS) is 26.6. The van der Waals surface area contributed by atoms with Gasteiger partial charge in [-0.05, 0) is 37.8 Å². The van der Waals surface area contributed by atoms with Crippen molar-refractivity contribution in [2.24, 2.45) is 5.92 Å². The summed E-state index contributed by atoms with van der Waals surface area (Å²) < 4.78 is 37.8. The van der Waals surface area contributed by atoms with Crippen molar-refractivity contribution in [3.63, 3.8) is 0 Å². The van der Waals surface area contributed by atoms with Crippen LogP contribution in [-0.2, 0) is 0 Å². The number of nitriles is 1. The lowest BCUT2D eigenvalue weighted by molar-refractivity contribution is -0.150. The minimum atomic E-state index is -4.23. The van der Waals surface area contributed by atoms with E-state index in [0.717, 1.165) is 12.0 Å². The van der Waals surface area contributed by atoms with Crippen molar-refractivity contribution in [1.82, 2.24) is 4.90 Å². The molecule has 5 heteroatoms. The fourth-order valence-corrected chi connectivity index (χ4v) is 3.21. The van der Waals surface area contributed by atoms with E-state index in [1.54, 1.807) is 0 Å². The van der Waals surface area contributed by atoms with Crippen LogP contribution in [-0.4, -0.2) is 30.7 Å². The van der Waals surface area contributed by atoms with Crippen LogP contribution in [0.1, 0.15) is 30.7 Å². The van der Waals surface area contributed by atoms with Crippen molar-refractivity contribution < 1.29 is 13.2 Å². The summed E-state index contributed by atoms with van der Waals surface area (Å²) in [6.45, 7) is -0.961. The lowest BCUT2D eigenvalue weighted by atomic mass is 9.75. The molecule has 1 aliphatic rings. The lowest BCUT2D eigenvalue weighted by Gasteiger charge is -2.38. The zero-order valence-corrected chi connectivity index (χ0v) is 12.0. The van der Waals surface area contributed by atoms with Crippen molar-refractivity contribution in [2.75, 3.05) is 13.6 Å². The quantitative estimate of drug-likeness (QED) is 0.844. The zero-order valence-electron chi connectivity index (χ0n) is 12.0. The van der Waals surface area contributed by atoms with Gasteiger partial charge in [-0.3, -0.25) is 4.90 Å². The Morgan fingerprint density at radius 2 is 1.90 bits per heavy atom. The van der Waals surface area contributed by atoms with Gasteiger partial charge < -0.3 is 0 Å². The van der Waals surface area contributed by atoms with Crippen LogP contribution in [0.4, 0.5) is 13.2 Å². The monoisotopic (exact) mass is 296 g/mol. The largest absolute Gasteiger partial charge is 0.401 e. The van der Waals surface area contributed by atoms with Crippen molar-refractivity contribution >= 4 is 0 Å². The average Bonchev–Trinajstić information content (AvgIpc) is 2.45. The summed E-state index contributed by atoms with van der Waals surface area (Å²) >= 11 is 0. The Bertz CT molecular complexity index is 492. The van der Waals surface area contributed by atoms with Crippen LogP contribution in [0.15, 0.2) is 30.3 Å². The maximum atomic E-state index is 12.6. The van der Waals surface area contributed by atoms with Crippen LogP contribution in [0.2, 0.25) is 0 Å². The van der Waals surface area contributed by atoms with Crippen LogP contribution in [0.5, 0.6) is 0 Å². The maximum absolute atomic E-state index is 12.6. The van der Waals surface area contributed by atoms with Gasteiger partial charge in [-0.15, -0.1) is 0 Å². The van der Waals surface area contributed by atoms with Crippen LogP contribution >= 0.6 is 0 Å². The number of nitrogens with zero attached hydrogens (tertiary/aromatic N) is 2. The first-order valence-corrected chi connectivity index (χ1v) is 7.12. The van der Waals surface area contributed by atoms with Crippen LogP contribution < -0.4 is 0 Å². The summed E-state index contributed by atoms with van der Waals surface area (Å²) in [6, 6.07) is 11.7. The fourth-order valence-electron chi connectivity index (χ4n) is 3.21. The second-order valence-electron chi connectivity index (χ2n) is 5.75. The van der Waals surface area contributed by atoms with E-state index >= 15 is 0 Å². The van der Waals surface area contributed by atoms with Gasteiger partial charge >= 0.3 is 6.18 Å². The van der Waals surface area contributed by atoms with Gasteiger partial charge in [0.15, 0.2) is 0 Å². The molecule has 0 bridgehead atoms. The van der Waals surface area contributed by atoms with E-state index < -0.39 is 12.7 Å². The predicted molar refractivity (Wildman–Crippen MR) is 74.6 cm³/mol. The Kier molecular flexibility index (Phi) is 4.89. The third-order valence-electron chi connectivity index (χ3n) is 4.25. The van der Waals surface area contributed by atoms with Gasteiger partial charge in [0.2, 0.25) is 0 Å². The molecule has 3 unspecified atom stereocenters. The number of benzene rings is 1. The lowest BCUT2D eigenvalue weighted by Crippen LogP contribution is -2.45. The third kappa shape index (κ3) is 4.21. The van der Waals surface area contributed by atoms with Crippen molar-refractivity contribution in [1.29, 1.82) is 5.26 Å². The van der Waals surface area contributed by atoms with Gasteiger partial charge in [0.25, 0.3) is 0 Å². The van der Waals surface area contributed by atoms with Gasteiger partial charge in [0.1, 0.15) is 0 Å². The summed E-state index contributed by atoms with van der Waals surface area (Å²) in [7, 11) is 1.47. The molecule has 1 aliphatic carbocycles. The molecule has 2 rings (SSSR count). The Morgan fingerprint density at radius 1 is 1.24 bits per heavy atom. The summed E-state index contributed by atoms with van der Waals surface area (Å²) in [5.41, 5.74) is 1.15. The van der Waals surface area contributed by atoms with E-state index in [0.29, 0.717) is 12.8 Å². The van der Waals surface area contributed by atoms with E-state index in [1.807, 2.05) is 30.3 Å². The number of alkyl halides is 3. The molecular weight excluding hydrogens is 277 g/mol. The molecular formula is C16H19F3N2. The van der Waals surface area contributed by atoms with Crippen molar-refractivity contribution in [2.45, 2.75) is 37.4 Å². The first-order valence-electron chi connectivity index (χ1n) is 7.12. The van der Waals surface area contributed by atoms with Gasteiger partial charge in [-0.1, -0.05) is 30.3 Å². The smallest absolute Gasteiger partial charge is 0.294 e. The molecule has 1 aromatic rings. The Balaban J connectivity index is 2.11. The van der Waals surface area contributed by atoms with E-state index in [1.165, 1.54) is 11.9 Å². The van der Waals surface area contributed by atoms with Gasteiger partial charge in [0.05, 0.1) is 18.5 Å². The molecule has 0 heterocycles. The molecule has 0 radical (unpaired) electrons. The fraction of sp³-hybridized carbons (Fsp3) is 0.562. The topological polar surface area (TPSA) is 27.0 Å². The average molecular weight is 296 g/mol. The van der Waals surface area contributed by atoms with E-state index in [9.17, 15) is 18.4 Å². The molecule has 1 fully saturated rings. The standard InChI is InChI=1S/C16H19F3N2/c1-21(11-16(17,18)19)15-9-13(7-8-14(15)10-20)12-5-3-2-4-6-12/h2-6,13-15H,7-9,11H2,1H3. The molecule has 0 N–H and O–H groups in total. The van der Waals surface area contributed by atoms with Crippen molar-refractivity contribution in [3.05, 3.63) is 35.9 Å².